The van der Waals surface area contributed by atoms with Crippen LogP contribution in [0.4, 0.5) is 10.6 Å². The Morgan fingerprint density at radius 1 is 1.29 bits per heavy atom. The van der Waals surface area contributed by atoms with E-state index in [1.165, 1.54) is 4.68 Å². The van der Waals surface area contributed by atoms with Crippen molar-refractivity contribution in [2.45, 2.75) is 20.8 Å². The maximum atomic E-state index is 12.1. The fourth-order valence-corrected chi connectivity index (χ4v) is 2.05. The second kappa shape index (κ2) is 6.30. The van der Waals surface area contributed by atoms with Crippen molar-refractivity contribution in [3.05, 3.63) is 35.9 Å². The van der Waals surface area contributed by atoms with Gasteiger partial charge in [-0.05, 0) is 32.9 Å². The van der Waals surface area contributed by atoms with E-state index < -0.39 is 0 Å². The second-order valence-corrected chi connectivity index (χ2v) is 4.65. The van der Waals surface area contributed by atoms with Crippen LogP contribution in [0.5, 0.6) is 5.88 Å². The van der Waals surface area contributed by atoms with Gasteiger partial charge in [-0.25, -0.2) is 4.79 Å². The van der Waals surface area contributed by atoms with Gasteiger partial charge in [-0.1, -0.05) is 18.2 Å². The highest BCUT2D eigenvalue weighted by Gasteiger charge is 2.18. The van der Waals surface area contributed by atoms with Crippen molar-refractivity contribution in [3.8, 4) is 11.6 Å². The predicted molar refractivity (Wildman–Crippen MR) is 81.9 cm³/mol. The van der Waals surface area contributed by atoms with E-state index in [4.69, 9.17) is 0 Å². The van der Waals surface area contributed by atoms with Crippen molar-refractivity contribution >= 4 is 11.8 Å². The van der Waals surface area contributed by atoms with Crippen LogP contribution in [0.25, 0.3) is 5.69 Å². The Bertz CT molecular complexity index is 618. The van der Waals surface area contributed by atoms with Crippen molar-refractivity contribution in [2.75, 3.05) is 18.4 Å². The fraction of sp³-hybridized carbons (Fsp3) is 0.333. The molecule has 0 atom stereocenters. The summed E-state index contributed by atoms with van der Waals surface area (Å²) in [6.45, 7) is 6.78. The van der Waals surface area contributed by atoms with Crippen LogP contribution < -0.4 is 5.32 Å². The molecule has 0 spiro atoms. The zero-order valence-corrected chi connectivity index (χ0v) is 12.5. The highest BCUT2D eigenvalue weighted by molar-refractivity contribution is 5.89. The molecule has 2 rings (SSSR count). The molecular weight excluding hydrogens is 268 g/mol. The Morgan fingerprint density at radius 3 is 2.48 bits per heavy atom. The molecule has 2 amide bonds. The molecule has 6 nitrogen and oxygen atoms in total. The van der Waals surface area contributed by atoms with Gasteiger partial charge in [-0.2, -0.15) is 4.68 Å². The number of carbonyl (C=O) groups excluding carboxylic acids is 1. The molecule has 2 aromatic rings. The minimum absolute atomic E-state index is 0.0241. The minimum atomic E-state index is -0.221. The first-order valence-electron chi connectivity index (χ1n) is 6.98. The standard InChI is InChI=1S/C15H20N4O2/c1-4-18(5-2)15(21)16-13-11(3)14(20)19(17-13)12-9-7-6-8-10-12/h6-10,20H,4-5H2,1-3H3,(H,16,17,21). The van der Waals surface area contributed by atoms with E-state index in [0.29, 0.717) is 24.5 Å². The summed E-state index contributed by atoms with van der Waals surface area (Å²) in [5.41, 5.74) is 1.28. The molecule has 1 heterocycles. The minimum Gasteiger partial charge on any atom is -0.493 e. The van der Waals surface area contributed by atoms with Gasteiger partial charge in [0.05, 0.1) is 11.3 Å². The van der Waals surface area contributed by atoms with Crippen LogP contribution in [-0.4, -0.2) is 38.9 Å². The summed E-state index contributed by atoms with van der Waals surface area (Å²) >= 11 is 0. The van der Waals surface area contributed by atoms with Gasteiger partial charge in [-0.3, -0.25) is 5.32 Å². The smallest absolute Gasteiger partial charge is 0.323 e. The van der Waals surface area contributed by atoms with Gasteiger partial charge in [0, 0.05) is 13.1 Å². The summed E-state index contributed by atoms with van der Waals surface area (Å²) in [4.78, 5) is 13.7. The van der Waals surface area contributed by atoms with Crippen molar-refractivity contribution in [1.29, 1.82) is 0 Å². The Kier molecular flexibility index (Phi) is 4.47. The number of aromatic nitrogens is 2. The van der Waals surface area contributed by atoms with Gasteiger partial charge >= 0.3 is 6.03 Å². The van der Waals surface area contributed by atoms with Crippen molar-refractivity contribution < 1.29 is 9.90 Å². The molecule has 21 heavy (non-hydrogen) atoms. The van der Waals surface area contributed by atoms with E-state index >= 15 is 0 Å². The monoisotopic (exact) mass is 288 g/mol. The van der Waals surface area contributed by atoms with Gasteiger partial charge in [0.15, 0.2) is 5.82 Å². The molecule has 0 aliphatic rings. The first-order valence-corrected chi connectivity index (χ1v) is 6.98. The van der Waals surface area contributed by atoms with Gasteiger partial charge in [0.1, 0.15) is 0 Å². The number of para-hydroxylation sites is 1. The number of benzene rings is 1. The Balaban J connectivity index is 2.29. The van der Waals surface area contributed by atoms with Gasteiger partial charge in [0.25, 0.3) is 0 Å². The number of nitrogens with one attached hydrogen (secondary N) is 1. The molecule has 0 radical (unpaired) electrons. The zero-order valence-electron chi connectivity index (χ0n) is 12.5. The van der Waals surface area contributed by atoms with E-state index in [2.05, 4.69) is 10.4 Å². The molecule has 1 aromatic heterocycles. The number of carbonyl (C=O) groups is 1. The van der Waals surface area contributed by atoms with E-state index in [0.717, 1.165) is 5.69 Å². The highest BCUT2D eigenvalue weighted by atomic mass is 16.3. The van der Waals surface area contributed by atoms with Crippen molar-refractivity contribution in [3.63, 3.8) is 0 Å². The fourth-order valence-electron chi connectivity index (χ4n) is 2.05. The van der Waals surface area contributed by atoms with Crippen molar-refractivity contribution in [1.82, 2.24) is 14.7 Å². The lowest BCUT2D eigenvalue weighted by molar-refractivity contribution is 0.217. The van der Waals surface area contributed by atoms with Crippen LogP contribution in [0.2, 0.25) is 0 Å². The number of nitrogens with zero attached hydrogens (tertiary/aromatic N) is 3. The highest BCUT2D eigenvalue weighted by Crippen LogP contribution is 2.27. The zero-order chi connectivity index (χ0) is 15.4. The van der Waals surface area contributed by atoms with E-state index in [1.807, 2.05) is 44.2 Å². The predicted octanol–water partition coefficient (Wildman–Crippen LogP) is 2.76. The molecule has 112 valence electrons. The molecular formula is C15H20N4O2. The average Bonchev–Trinajstić information content (AvgIpc) is 2.78. The Labute approximate surface area is 124 Å². The number of hydrogen-bond acceptors (Lipinski definition) is 3. The lowest BCUT2D eigenvalue weighted by atomic mass is 10.3. The lowest BCUT2D eigenvalue weighted by Crippen LogP contribution is -2.34. The SMILES string of the molecule is CCN(CC)C(=O)Nc1nn(-c2ccccc2)c(O)c1C. The quantitative estimate of drug-likeness (QED) is 0.908. The molecule has 6 heteroatoms. The van der Waals surface area contributed by atoms with Crippen LogP contribution in [0.1, 0.15) is 19.4 Å². The number of amides is 2. The molecule has 0 bridgehead atoms. The number of rotatable bonds is 4. The normalized spacial score (nSPS) is 10.4. The van der Waals surface area contributed by atoms with E-state index in [1.54, 1.807) is 11.8 Å². The molecule has 1 aromatic carbocycles. The number of anilines is 1. The molecule has 0 fully saturated rings. The third-order valence-electron chi connectivity index (χ3n) is 3.37. The first kappa shape index (κ1) is 14.9. The number of aromatic hydroxyl groups is 1. The molecule has 2 N–H and O–H groups in total. The van der Waals surface area contributed by atoms with Crippen LogP contribution >= 0.6 is 0 Å². The number of hydrogen-bond donors (Lipinski definition) is 2. The Hall–Kier alpha value is -2.50. The Morgan fingerprint density at radius 2 is 1.90 bits per heavy atom. The summed E-state index contributed by atoms with van der Waals surface area (Å²) < 4.78 is 1.41. The van der Waals surface area contributed by atoms with Gasteiger partial charge in [0.2, 0.25) is 5.88 Å². The van der Waals surface area contributed by atoms with Crippen LogP contribution in [-0.2, 0) is 0 Å². The maximum Gasteiger partial charge on any atom is 0.323 e. The third kappa shape index (κ3) is 2.99. The molecule has 0 saturated heterocycles. The topological polar surface area (TPSA) is 70.4 Å². The van der Waals surface area contributed by atoms with Crippen LogP contribution in [0, 0.1) is 6.92 Å². The van der Waals surface area contributed by atoms with Gasteiger partial charge < -0.3 is 10.0 Å². The largest absolute Gasteiger partial charge is 0.493 e. The molecule has 0 unspecified atom stereocenters. The number of urea groups is 1. The summed E-state index contributed by atoms with van der Waals surface area (Å²) in [6, 6.07) is 9.06. The van der Waals surface area contributed by atoms with Crippen LogP contribution in [0.3, 0.4) is 0 Å². The first-order chi connectivity index (χ1) is 10.1. The summed E-state index contributed by atoms with van der Waals surface area (Å²) in [7, 11) is 0. The summed E-state index contributed by atoms with van der Waals surface area (Å²) in [6.07, 6.45) is 0. The maximum absolute atomic E-state index is 12.1. The van der Waals surface area contributed by atoms with Crippen molar-refractivity contribution in [2.24, 2.45) is 0 Å². The molecule has 0 aliphatic heterocycles. The third-order valence-corrected chi connectivity index (χ3v) is 3.37. The average molecular weight is 288 g/mol. The lowest BCUT2D eigenvalue weighted by Gasteiger charge is -2.18. The van der Waals surface area contributed by atoms with E-state index in [-0.39, 0.29) is 11.9 Å². The molecule has 0 aliphatic carbocycles. The van der Waals surface area contributed by atoms with E-state index in [9.17, 15) is 9.90 Å². The molecule has 0 saturated carbocycles. The van der Waals surface area contributed by atoms with Gasteiger partial charge in [-0.15, -0.1) is 5.10 Å². The summed E-state index contributed by atoms with van der Waals surface area (Å²) in [5, 5.41) is 17.2. The summed E-state index contributed by atoms with van der Waals surface area (Å²) in [5.74, 6) is 0.393. The second-order valence-electron chi connectivity index (χ2n) is 4.65. The van der Waals surface area contributed by atoms with Crippen LogP contribution in [0.15, 0.2) is 30.3 Å².